The van der Waals surface area contributed by atoms with Crippen molar-refractivity contribution in [2.45, 2.75) is 23.5 Å². The highest BCUT2D eigenvalue weighted by Gasteiger charge is 2.21. The van der Waals surface area contributed by atoms with Gasteiger partial charge < -0.3 is 26.2 Å². The highest BCUT2D eigenvalue weighted by Crippen LogP contribution is 2.29. The molecule has 0 fully saturated rings. The van der Waals surface area contributed by atoms with Crippen molar-refractivity contribution in [3.05, 3.63) is 125 Å². The van der Waals surface area contributed by atoms with Gasteiger partial charge in [0, 0.05) is 27.4 Å². The highest BCUT2D eigenvalue weighted by molar-refractivity contribution is 8.00. The number of nitrogens with one attached hydrogen (secondary N) is 3. The number of aromatic hydroxyl groups is 1. The third-order valence-corrected chi connectivity index (χ3v) is 7.62. The maximum Gasteiger partial charge on any atom is 0.339 e. The van der Waals surface area contributed by atoms with E-state index in [0.29, 0.717) is 22.6 Å². The lowest BCUT2D eigenvalue weighted by molar-refractivity contribution is -0.116. The fraction of sp³-hybridized carbons (Fsp3) is 0.0909. The van der Waals surface area contributed by atoms with Gasteiger partial charge in [0.25, 0.3) is 11.8 Å². The molecule has 4 rings (SSSR count). The molecule has 0 aliphatic rings. The molecule has 224 valence electrons. The first-order chi connectivity index (χ1) is 21.1. The third-order valence-electron chi connectivity index (χ3n) is 6.26. The second kappa shape index (κ2) is 14.7. The standard InChI is InChI=1S/C33H28FN3O6S/c1-2-29(32(41)36-23-15-16-28(38)25(19-23)33(42)43)44-24-13-8-12-22(18-24)35-31(40)27(17-21-11-6-7-14-26(21)34)37-30(39)20-9-4-3-5-10-20/h3-19,29,38H,2H2,1H3,(H,35,40)(H,36,41)(H,37,39)(H,42,43)/b27-17-. The van der Waals surface area contributed by atoms with Crippen LogP contribution in [-0.2, 0) is 9.59 Å². The van der Waals surface area contributed by atoms with Crippen LogP contribution >= 0.6 is 11.8 Å². The number of thioether (sulfide) groups is 1. The minimum Gasteiger partial charge on any atom is -0.507 e. The van der Waals surface area contributed by atoms with E-state index in [1.54, 1.807) is 60.7 Å². The molecular weight excluding hydrogens is 585 g/mol. The summed E-state index contributed by atoms with van der Waals surface area (Å²) < 4.78 is 14.4. The van der Waals surface area contributed by atoms with Crippen LogP contribution < -0.4 is 16.0 Å². The molecule has 11 heteroatoms. The highest BCUT2D eigenvalue weighted by atomic mass is 32.2. The lowest BCUT2D eigenvalue weighted by Gasteiger charge is -2.16. The Balaban J connectivity index is 1.50. The topological polar surface area (TPSA) is 145 Å². The number of carbonyl (C=O) groups is 4. The average Bonchev–Trinajstić information content (AvgIpc) is 3.01. The lowest BCUT2D eigenvalue weighted by atomic mass is 10.1. The van der Waals surface area contributed by atoms with Gasteiger partial charge in [-0.15, -0.1) is 11.8 Å². The number of benzene rings is 4. The van der Waals surface area contributed by atoms with Crippen LogP contribution in [-0.4, -0.2) is 39.2 Å². The number of phenols is 1. The minimum atomic E-state index is -1.33. The van der Waals surface area contributed by atoms with E-state index in [9.17, 15) is 33.8 Å². The molecule has 1 unspecified atom stereocenters. The Labute approximate surface area is 256 Å². The second-order valence-corrected chi connectivity index (χ2v) is 10.7. The molecule has 1 atom stereocenters. The predicted molar refractivity (Wildman–Crippen MR) is 167 cm³/mol. The first-order valence-corrected chi connectivity index (χ1v) is 14.3. The number of carboxylic acids is 1. The molecule has 9 nitrogen and oxygen atoms in total. The Morgan fingerprint density at radius 1 is 0.864 bits per heavy atom. The lowest BCUT2D eigenvalue weighted by Crippen LogP contribution is -2.30. The summed E-state index contributed by atoms with van der Waals surface area (Å²) in [6.07, 6.45) is 1.68. The van der Waals surface area contributed by atoms with Gasteiger partial charge in [-0.2, -0.15) is 0 Å². The molecule has 0 saturated heterocycles. The average molecular weight is 614 g/mol. The van der Waals surface area contributed by atoms with Crippen LogP contribution in [0.4, 0.5) is 15.8 Å². The van der Waals surface area contributed by atoms with Gasteiger partial charge in [0.15, 0.2) is 0 Å². The summed E-state index contributed by atoms with van der Waals surface area (Å²) in [6.45, 7) is 1.82. The number of hydrogen-bond donors (Lipinski definition) is 5. The summed E-state index contributed by atoms with van der Waals surface area (Å²) in [5.74, 6) is -3.93. The zero-order chi connectivity index (χ0) is 31.6. The van der Waals surface area contributed by atoms with Crippen LogP contribution in [0.2, 0.25) is 0 Å². The number of hydrogen-bond acceptors (Lipinski definition) is 6. The summed E-state index contributed by atoms with van der Waals surface area (Å²) in [6, 6.07) is 24.6. The van der Waals surface area contributed by atoms with Gasteiger partial charge in [-0.25, -0.2) is 9.18 Å². The van der Waals surface area contributed by atoms with E-state index >= 15 is 0 Å². The molecule has 0 aromatic heterocycles. The Morgan fingerprint density at radius 3 is 2.27 bits per heavy atom. The second-order valence-electron chi connectivity index (χ2n) is 9.42. The van der Waals surface area contributed by atoms with Crippen molar-refractivity contribution in [1.82, 2.24) is 5.32 Å². The summed E-state index contributed by atoms with van der Waals surface area (Å²) in [7, 11) is 0. The van der Waals surface area contributed by atoms with E-state index in [4.69, 9.17) is 0 Å². The maximum atomic E-state index is 14.4. The van der Waals surface area contributed by atoms with E-state index in [0.717, 1.165) is 0 Å². The largest absolute Gasteiger partial charge is 0.507 e. The van der Waals surface area contributed by atoms with Gasteiger partial charge in [-0.3, -0.25) is 14.4 Å². The van der Waals surface area contributed by atoms with Crippen LogP contribution in [0.1, 0.15) is 39.6 Å². The molecule has 4 aromatic rings. The van der Waals surface area contributed by atoms with Crippen LogP contribution in [0.15, 0.2) is 108 Å². The van der Waals surface area contributed by atoms with Crippen LogP contribution in [0, 0.1) is 5.82 Å². The number of carboxylic acid groups (broad SMARTS) is 1. The molecule has 5 N–H and O–H groups in total. The summed E-state index contributed by atoms with van der Waals surface area (Å²) >= 11 is 1.23. The minimum absolute atomic E-state index is 0.108. The monoisotopic (exact) mass is 613 g/mol. The van der Waals surface area contributed by atoms with Crippen LogP contribution in [0.3, 0.4) is 0 Å². The Hall–Kier alpha value is -5.42. The molecule has 44 heavy (non-hydrogen) atoms. The molecule has 0 aliphatic carbocycles. The van der Waals surface area contributed by atoms with Crippen molar-refractivity contribution < 1.29 is 33.8 Å². The zero-order valence-corrected chi connectivity index (χ0v) is 24.2. The van der Waals surface area contributed by atoms with Gasteiger partial charge in [0.2, 0.25) is 5.91 Å². The van der Waals surface area contributed by atoms with E-state index in [1.165, 1.54) is 54.2 Å². The number of halogens is 1. The fourth-order valence-electron chi connectivity index (χ4n) is 4.03. The predicted octanol–water partition coefficient (Wildman–Crippen LogP) is 6.15. The van der Waals surface area contributed by atoms with Gasteiger partial charge in [0.1, 0.15) is 22.8 Å². The number of aromatic carboxylic acids is 1. The number of amides is 3. The number of rotatable bonds is 11. The van der Waals surface area contributed by atoms with Gasteiger partial charge in [-0.05, 0) is 67.1 Å². The zero-order valence-electron chi connectivity index (χ0n) is 23.4. The Morgan fingerprint density at radius 2 is 1.57 bits per heavy atom. The fourth-order valence-corrected chi connectivity index (χ4v) is 5.04. The van der Waals surface area contributed by atoms with Gasteiger partial charge in [-0.1, -0.05) is 49.4 Å². The summed E-state index contributed by atoms with van der Waals surface area (Å²) in [5, 5.41) is 26.3. The van der Waals surface area contributed by atoms with E-state index < -0.39 is 34.6 Å². The number of carbonyl (C=O) groups excluding carboxylic acids is 3. The van der Waals surface area contributed by atoms with Crippen molar-refractivity contribution >= 4 is 52.9 Å². The molecule has 0 spiro atoms. The maximum absolute atomic E-state index is 14.4. The summed E-state index contributed by atoms with van der Waals surface area (Å²) in [5.41, 5.74) is 0.493. The Bertz CT molecular complexity index is 1730. The SMILES string of the molecule is CCC(Sc1cccc(NC(=O)/C(=C/c2ccccc2F)NC(=O)c2ccccc2)c1)C(=O)Nc1ccc(O)c(C(=O)O)c1. The first kappa shape index (κ1) is 31.5. The number of anilines is 2. The molecule has 0 heterocycles. The normalized spacial score (nSPS) is 11.7. The summed E-state index contributed by atoms with van der Waals surface area (Å²) in [4.78, 5) is 51.2. The van der Waals surface area contributed by atoms with E-state index in [1.807, 2.05) is 6.92 Å². The molecular formula is C33H28FN3O6S. The quantitative estimate of drug-likeness (QED) is 0.0775. The van der Waals surface area contributed by atoms with Gasteiger partial charge >= 0.3 is 5.97 Å². The van der Waals surface area contributed by atoms with Crippen LogP contribution in [0.25, 0.3) is 6.08 Å². The third kappa shape index (κ3) is 8.33. The molecule has 0 aliphatic heterocycles. The van der Waals surface area contributed by atoms with E-state index in [2.05, 4.69) is 16.0 Å². The van der Waals surface area contributed by atoms with Crippen molar-refractivity contribution in [2.24, 2.45) is 0 Å². The van der Waals surface area contributed by atoms with Crippen molar-refractivity contribution in [1.29, 1.82) is 0 Å². The Kier molecular flexibility index (Phi) is 10.5. The molecule has 0 radical (unpaired) electrons. The molecule has 0 saturated carbocycles. The molecule has 0 bridgehead atoms. The van der Waals surface area contributed by atoms with Crippen LogP contribution in [0.5, 0.6) is 5.75 Å². The smallest absolute Gasteiger partial charge is 0.339 e. The molecule has 3 amide bonds. The first-order valence-electron chi connectivity index (χ1n) is 13.4. The van der Waals surface area contributed by atoms with Crippen molar-refractivity contribution in [3.8, 4) is 5.75 Å². The van der Waals surface area contributed by atoms with Gasteiger partial charge in [0.05, 0.1) is 5.25 Å². The van der Waals surface area contributed by atoms with Crippen molar-refractivity contribution in [3.63, 3.8) is 0 Å². The van der Waals surface area contributed by atoms with E-state index in [-0.39, 0.29) is 28.4 Å². The molecule has 4 aromatic carbocycles. The van der Waals surface area contributed by atoms with Crippen molar-refractivity contribution in [2.75, 3.05) is 10.6 Å².